The Morgan fingerprint density at radius 2 is 1.87 bits per heavy atom. The fourth-order valence-corrected chi connectivity index (χ4v) is 7.69. The number of fused-ring (bicyclic) bond motifs is 2. The van der Waals surface area contributed by atoms with Crippen LogP contribution in [0.3, 0.4) is 0 Å². The molecule has 4 aromatic rings. The Labute approximate surface area is 265 Å². The molecule has 0 amide bonds. The van der Waals surface area contributed by atoms with E-state index in [1.54, 1.807) is 13.1 Å². The maximum Gasteiger partial charge on any atom is 0.393 e. The normalized spacial score (nSPS) is 18.0. The zero-order valence-electron chi connectivity index (χ0n) is 26.0. The molecule has 1 aromatic carbocycles. The number of hydrogen-bond acceptors (Lipinski definition) is 9. The van der Waals surface area contributed by atoms with Gasteiger partial charge in [-0.3, -0.25) is 9.80 Å². The van der Waals surface area contributed by atoms with Crippen molar-refractivity contribution in [2.45, 2.75) is 64.5 Å². The second-order valence-electron chi connectivity index (χ2n) is 12.2. The first-order chi connectivity index (χ1) is 21.6. The number of nitriles is 1. The zero-order chi connectivity index (χ0) is 31.7. The van der Waals surface area contributed by atoms with Crippen LogP contribution in [-0.4, -0.2) is 88.9 Å². The van der Waals surface area contributed by atoms with Crippen molar-refractivity contribution in [3.05, 3.63) is 46.0 Å². The lowest BCUT2D eigenvalue weighted by Crippen LogP contribution is -2.48. The number of halogens is 3. The number of thiophene rings is 1. The highest BCUT2D eigenvalue weighted by Crippen LogP contribution is 2.35. The van der Waals surface area contributed by atoms with Gasteiger partial charge in [0.25, 0.3) is 0 Å². The van der Waals surface area contributed by atoms with E-state index in [2.05, 4.69) is 72.3 Å². The van der Waals surface area contributed by atoms with E-state index in [4.69, 9.17) is 0 Å². The average Bonchev–Trinajstić information content (AvgIpc) is 3.59. The van der Waals surface area contributed by atoms with Crippen molar-refractivity contribution in [3.8, 4) is 6.07 Å². The summed E-state index contributed by atoms with van der Waals surface area (Å²) in [5.41, 5.74) is 4.29. The van der Waals surface area contributed by atoms with E-state index in [1.165, 1.54) is 11.1 Å². The van der Waals surface area contributed by atoms with Gasteiger partial charge < -0.3 is 20.5 Å². The number of alkyl halides is 3. The third-order valence-corrected chi connectivity index (χ3v) is 10.2. The molecule has 0 spiro atoms. The predicted octanol–water partition coefficient (Wildman–Crippen LogP) is 5.34. The molecule has 240 valence electrons. The minimum atomic E-state index is -4.27. The van der Waals surface area contributed by atoms with Crippen LogP contribution in [-0.2, 0) is 19.5 Å². The molecule has 9 nitrogen and oxygen atoms in total. The molecule has 3 N–H and O–H groups in total. The number of rotatable bonds is 9. The summed E-state index contributed by atoms with van der Waals surface area (Å²) in [7, 11) is 1.71. The number of nitrogens with one attached hydrogen (secondary N) is 3. The van der Waals surface area contributed by atoms with Gasteiger partial charge in [-0.1, -0.05) is 6.07 Å². The number of hydrogen-bond donors (Lipinski definition) is 3. The molecule has 5 heterocycles. The fraction of sp³-hybridized carbons (Fsp3) is 0.531. The van der Waals surface area contributed by atoms with E-state index < -0.39 is 12.6 Å². The Hall–Kier alpha value is -3.44. The van der Waals surface area contributed by atoms with E-state index in [0.717, 1.165) is 87.4 Å². The van der Waals surface area contributed by atoms with Crippen molar-refractivity contribution in [3.63, 3.8) is 0 Å². The van der Waals surface area contributed by atoms with Gasteiger partial charge in [0.15, 0.2) is 0 Å². The SMILES string of the molecule is CNc1nc(NC2CCN(Cc3ccc4c(cc(C#N)n4CC(C)N4CCNCC4)c3C)CC2)c2cc(CC(F)(F)F)sc2n1. The Kier molecular flexibility index (Phi) is 9.19. The van der Waals surface area contributed by atoms with Crippen LogP contribution in [0.4, 0.5) is 24.9 Å². The maximum atomic E-state index is 13.0. The lowest BCUT2D eigenvalue weighted by Gasteiger charge is -2.33. The monoisotopic (exact) mass is 639 g/mol. The molecular weight excluding hydrogens is 599 g/mol. The summed E-state index contributed by atoms with van der Waals surface area (Å²) in [5.74, 6) is 0.971. The van der Waals surface area contributed by atoms with Gasteiger partial charge >= 0.3 is 6.18 Å². The number of aryl methyl sites for hydroxylation is 1. The van der Waals surface area contributed by atoms with Crippen molar-refractivity contribution in [2.24, 2.45) is 0 Å². The molecule has 2 fully saturated rings. The number of anilines is 2. The van der Waals surface area contributed by atoms with E-state index in [9.17, 15) is 18.4 Å². The first-order valence-corrected chi connectivity index (χ1v) is 16.4. The van der Waals surface area contributed by atoms with Gasteiger partial charge in [-0.15, -0.1) is 11.3 Å². The summed E-state index contributed by atoms with van der Waals surface area (Å²) in [5, 5.41) is 21.6. The zero-order valence-corrected chi connectivity index (χ0v) is 26.8. The Bertz CT molecular complexity index is 1690. The third kappa shape index (κ3) is 7.04. The molecule has 0 bridgehead atoms. The van der Waals surface area contributed by atoms with Crippen molar-refractivity contribution in [1.29, 1.82) is 5.26 Å². The van der Waals surface area contributed by atoms with E-state index in [-0.39, 0.29) is 10.9 Å². The average molecular weight is 640 g/mol. The van der Waals surface area contributed by atoms with Crippen LogP contribution >= 0.6 is 11.3 Å². The molecule has 0 aliphatic carbocycles. The Morgan fingerprint density at radius 3 is 2.56 bits per heavy atom. The number of piperidine rings is 1. The molecule has 0 radical (unpaired) electrons. The predicted molar refractivity (Wildman–Crippen MR) is 174 cm³/mol. The van der Waals surface area contributed by atoms with Gasteiger partial charge in [0.05, 0.1) is 11.8 Å². The van der Waals surface area contributed by atoms with Crippen molar-refractivity contribution in [2.75, 3.05) is 56.9 Å². The largest absolute Gasteiger partial charge is 0.393 e. The molecule has 2 aliphatic heterocycles. The molecule has 6 rings (SSSR count). The van der Waals surface area contributed by atoms with Gasteiger partial charge in [0, 0.05) is 87.3 Å². The summed E-state index contributed by atoms with van der Waals surface area (Å²) in [6.45, 7) is 11.8. The number of likely N-dealkylation sites (tertiary alicyclic amines) is 1. The second-order valence-corrected chi connectivity index (χ2v) is 13.3. The number of nitrogens with zero attached hydrogens (tertiary/aromatic N) is 6. The number of piperazine rings is 1. The molecule has 2 saturated heterocycles. The van der Waals surface area contributed by atoms with Crippen LogP contribution in [0.15, 0.2) is 24.3 Å². The van der Waals surface area contributed by atoms with Crippen LogP contribution in [0.25, 0.3) is 21.1 Å². The topological polar surface area (TPSA) is 97.1 Å². The molecule has 3 aromatic heterocycles. The van der Waals surface area contributed by atoms with Crippen LogP contribution in [0.2, 0.25) is 0 Å². The summed E-state index contributed by atoms with van der Waals surface area (Å²) in [4.78, 5) is 14.7. The molecule has 1 atom stereocenters. The highest BCUT2D eigenvalue weighted by Gasteiger charge is 2.30. The van der Waals surface area contributed by atoms with Gasteiger partial charge in [-0.05, 0) is 56.0 Å². The van der Waals surface area contributed by atoms with Gasteiger partial charge in [-0.25, -0.2) is 4.98 Å². The van der Waals surface area contributed by atoms with E-state index in [0.29, 0.717) is 33.7 Å². The Morgan fingerprint density at radius 1 is 1.11 bits per heavy atom. The number of benzene rings is 1. The lowest BCUT2D eigenvalue weighted by atomic mass is 10.0. The lowest BCUT2D eigenvalue weighted by molar-refractivity contribution is -0.126. The molecule has 2 aliphatic rings. The maximum absolute atomic E-state index is 13.0. The quantitative estimate of drug-likeness (QED) is 0.226. The minimum Gasteiger partial charge on any atom is -0.367 e. The summed E-state index contributed by atoms with van der Waals surface area (Å²) in [6, 6.07) is 10.9. The smallest absolute Gasteiger partial charge is 0.367 e. The second kappa shape index (κ2) is 13.1. The number of aromatic nitrogens is 3. The summed E-state index contributed by atoms with van der Waals surface area (Å²) < 4.78 is 41.3. The van der Waals surface area contributed by atoms with Gasteiger partial charge in [0.1, 0.15) is 22.4 Å². The Balaban J connectivity index is 1.12. The molecular formula is C32H40F3N9S. The van der Waals surface area contributed by atoms with Gasteiger partial charge in [0.2, 0.25) is 5.95 Å². The molecule has 45 heavy (non-hydrogen) atoms. The van der Waals surface area contributed by atoms with Crippen molar-refractivity contribution in [1.82, 2.24) is 29.7 Å². The van der Waals surface area contributed by atoms with Crippen LogP contribution in [0, 0.1) is 18.3 Å². The van der Waals surface area contributed by atoms with Crippen LogP contribution in [0.5, 0.6) is 0 Å². The fourth-order valence-electron chi connectivity index (χ4n) is 6.63. The first kappa shape index (κ1) is 31.5. The molecule has 13 heteroatoms. The standard InChI is InChI=1S/C32H40F3N9S/c1-20(43-12-8-38-9-13-43)18-44-24(17-36)14-26-21(2)22(4-5-28(26)44)19-42-10-6-23(7-11-42)39-29-27-15-25(16-32(33,34)35)45-30(27)41-31(37-3)40-29/h4-5,14-15,20,23,38H,6-13,16,18-19H2,1-3H3,(H2,37,39,40,41). The van der Waals surface area contributed by atoms with Crippen LogP contribution < -0.4 is 16.0 Å². The van der Waals surface area contributed by atoms with Crippen molar-refractivity contribution < 1.29 is 13.2 Å². The summed E-state index contributed by atoms with van der Waals surface area (Å²) >= 11 is 1.06. The van der Waals surface area contributed by atoms with Gasteiger partial charge in [-0.2, -0.15) is 23.4 Å². The molecule has 0 saturated carbocycles. The molecule has 1 unspecified atom stereocenters. The van der Waals surface area contributed by atoms with E-state index in [1.807, 2.05) is 6.07 Å². The van der Waals surface area contributed by atoms with Crippen LogP contribution in [0.1, 0.15) is 41.5 Å². The minimum absolute atomic E-state index is 0.156. The third-order valence-electron chi connectivity index (χ3n) is 9.17. The van der Waals surface area contributed by atoms with Crippen molar-refractivity contribution >= 4 is 44.2 Å². The first-order valence-electron chi connectivity index (χ1n) is 15.6. The van der Waals surface area contributed by atoms with E-state index >= 15 is 0 Å². The highest BCUT2D eigenvalue weighted by atomic mass is 32.1. The highest BCUT2D eigenvalue weighted by molar-refractivity contribution is 7.18. The summed E-state index contributed by atoms with van der Waals surface area (Å²) in [6.07, 6.45) is -3.46.